The molecule has 4 N–H and O–H groups in total. The molecule has 0 aliphatic carbocycles. The van der Waals surface area contributed by atoms with E-state index in [4.69, 9.17) is 16.3 Å². The molecule has 1 spiro atoms. The first-order valence-corrected chi connectivity index (χ1v) is 11.8. The largest absolute Gasteiger partial charge is 0.395 e. The van der Waals surface area contributed by atoms with Crippen molar-refractivity contribution in [2.24, 2.45) is 0 Å². The van der Waals surface area contributed by atoms with E-state index >= 15 is 0 Å². The number of aliphatic hydroxyl groups is 4. The van der Waals surface area contributed by atoms with Crippen molar-refractivity contribution < 1.29 is 25.2 Å². The highest BCUT2D eigenvalue weighted by Gasteiger charge is 2.57. The molecule has 1 fully saturated rings. The van der Waals surface area contributed by atoms with Crippen LogP contribution in [0.2, 0.25) is 5.02 Å². The van der Waals surface area contributed by atoms with Crippen molar-refractivity contribution in [2.75, 3.05) is 12.9 Å². The average molecular weight is 455 g/mol. The highest BCUT2D eigenvalue weighted by Crippen LogP contribution is 2.54. The molecular weight excluding hydrogens is 432 g/mol. The van der Waals surface area contributed by atoms with Crippen LogP contribution in [0.3, 0.4) is 0 Å². The van der Waals surface area contributed by atoms with Crippen LogP contribution < -0.4 is 0 Å². The number of halogens is 1. The highest BCUT2D eigenvalue weighted by molar-refractivity contribution is 8.00. The van der Waals surface area contributed by atoms with E-state index in [2.05, 4.69) is 24.3 Å². The lowest BCUT2D eigenvalue weighted by Crippen LogP contribution is -2.58. The molecule has 0 bridgehead atoms. The van der Waals surface area contributed by atoms with Crippen molar-refractivity contribution >= 4 is 35.1 Å². The van der Waals surface area contributed by atoms with E-state index in [1.807, 2.05) is 18.4 Å². The lowest BCUT2D eigenvalue weighted by atomic mass is 9.91. The summed E-state index contributed by atoms with van der Waals surface area (Å²) in [7, 11) is 0. The quantitative estimate of drug-likeness (QED) is 0.528. The van der Waals surface area contributed by atoms with Crippen LogP contribution >= 0.6 is 35.1 Å². The van der Waals surface area contributed by atoms with Crippen molar-refractivity contribution in [1.82, 2.24) is 0 Å². The number of hydrogen-bond donors (Lipinski definition) is 4. The molecule has 29 heavy (non-hydrogen) atoms. The Hall–Kier alpha value is -0.770. The monoisotopic (exact) mass is 454 g/mol. The molecule has 2 aliphatic rings. The van der Waals surface area contributed by atoms with Crippen molar-refractivity contribution in [1.29, 1.82) is 0 Å². The van der Waals surface area contributed by atoms with Crippen LogP contribution in [0.25, 0.3) is 0 Å². The third kappa shape index (κ3) is 3.72. The lowest BCUT2D eigenvalue weighted by Gasteiger charge is -2.45. The second-order valence-electron chi connectivity index (χ2n) is 7.35. The Morgan fingerprint density at radius 2 is 1.90 bits per heavy atom. The lowest BCUT2D eigenvalue weighted by molar-refractivity contribution is -0.147. The van der Waals surface area contributed by atoms with Crippen LogP contribution in [0.4, 0.5) is 0 Å². The Morgan fingerprint density at radius 3 is 2.55 bits per heavy atom. The van der Waals surface area contributed by atoms with Crippen LogP contribution in [-0.4, -0.2) is 56.9 Å². The highest BCUT2D eigenvalue weighted by atomic mass is 35.5. The van der Waals surface area contributed by atoms with Gasteiger partial charge >= 0.3 is 0 Å². The molecule has 5 nitrogen and oxygen atoms in total. The van der Waals surface area contributed by atoms with Crippen molar-refractivity contribution in [3.63, 3.8) is 0 Å². The molecule has 4 rings (SSSR count). The Morgan fingerprint density at radius 1 is 1.17 bits per heavy atom. The SMILES string of the molecule is CSc1ccc(Cc2cc3c(cc2Cl)CO[C@]32S[C@H](CO)[C@@H](O)[C@H](O)[C@H]2O)cc1. The minimum atomic E-state index is -1.42. The minimum absolute atomic E-state index is 0.239. The van der Waals surface area contributed by atoms with Gasteiger partial charge in [0.2, 0.25) is 0 Å². The van der Waals surface area contributed by atoms with Crippen molar-refractivity contribution in [3.05, 3.63) is 63.7 Å². The molecule has 2 aromatic rings. The predicted octanol–water partition coefficient (Wildman–Crippen LogP) is 2.53. The Labute approximate surface area is 183 Å². The van der Waals surface area contributed by atoms with E-state index in [0.717, 1.165) is 34.0 Å². The summed E-state index contributed by atoms with van der Waals surface area (Å²) < 4.78 is 5.97. The number of benzene rings is 2. The number of ether oxygens (including phenoxy) is 1. The summed E-state index contributed by atoms with van der Waals surface area (Å²) in [5.74, 6) is 0. The second kappa shape index (κ2) is 8.40. The van der Waals surface area contributed by atoms with Gasteiger partial charge in [0.25, 0.3) is 0 Å². The van der Waals surface area contributed by atoms with Gasteiger partial charge in [0, 0.05) is 15.5 Å². The topological polar surface area (TPSA) is 90.2 Å². The van der Waals surface area contributed by atoms with E-state index < -0.39 is 28.5 Å². The van der Waals surface area contributed by atoms with Crippen LogP contribution in [0.1, 0.15) is 22.3 Å². The van der Waals surface area contributed by atoms with Gasteiger partial charge in [-0.1, -0.05) is 23.7 Å². The molecule has 0 aromatic heterocycles. The van der Waals surface area contributed by atoms with Crippen molar-refractivity contribution in [2.45, 2.75) is 46.4 Å². The zero-order valence-electron chi connectivity index (χ0n) is 15.8. The van der Waals surface area contributed by atoms with Gasteiger partial charge in [-0.15, -0.1) is 23.5 Å². The zero-order chi connectivity index (χ0) is 20.8. The first-order chi connectivity index (χ1) is 13.9. The molecular formula is C21H23ClO5S2. The molecule has 156 valence electrons. The van der Waals surface area contributed by atoms with E-state index in [-0.39, 0.29) is 13.2 Å². The van der Waals surface area contributed by atoms with Gasteiger partial charge in [0.1, 0.15) is 12.2 Å². The average Bonchev–Trinajstić information content (AvgIpc) is 3.08. The fraction of sp³-hybridized carbons (Fsp3) is 0.429. The van der Waals surface area contributed by atoms with Gasteiger partial charge in [0.15, 0.2) is 4.93 Å². The van der Waals surface area contributed by atoms with Gasteiger partial charge in [0.05, 0.1) is 24.6 Å². The number of aliphatic hydroxyl groups excluding tert-OH is 4. The number of fused-ring (bicyclic) bond motifs is 2. The summed E-state index contributed by atoms with van der Waals surface area (Å²) in [5.41, 5.74) is 3.57. The summed E-state index contributed by atoms with van der Waals surface area (Å²) >= 11 is 9.36. The Bertz CT molecular complexity index is 891. The van der Waals surface area contributed by atoms with Gasteiger partial charge in [-0.05, 0) is 53.6 Å². The molecule has 0 radical (unpaired) electrons. The Balaban J connectivity index is 1.71. The normalized spacial score (nSPS) is 31.2. The smallest absolute Gasteiger partial charge is 0.168 e. The molecule has 8 heteroatoms. The molecule has 0 saturated carbocycles. The fourth-order valence-corrected chi connectivity index (χ4v) is 6.16. The van der Waals surface area contributed by atoms with Gasteiger partial charge in [-0.25, -0.2) is 0 Å². The summed E-state index contributed by atoms with van der Waals surface area (Å²) in [6.45, 7) is -0.0962. The maximum atomic E-state index is 10.8. The van der Waals surface area contributed by atoms with Gasteiger partial charge in [-0.3, -0.25) is 0 Å². The predicted molar refractivity (Wildman–Crippen MR) is 115 cm³/mol. The number of thioether (sulfide) groups is 2. The summed E-state index contributed by atoms with van der Waals surface area (Å²) in [4.78, 5) is -0.0610. The number of rotatable bonds is 4. The molecule has 2 aliphatic heterocycles. The van der Waals surface area contributed by atoms with E-state index in [1.54, 1.807) is 11.8 Å². The maximum absolute atomic E-state index is 10.8. The third-order valence-corrected chi connectivity index (χ3v) is 8.35. The maximum Gasteiger partial charge on any atom is 0.168 e. The fourth-order valence-electron chi connectivity index (χ4n) is 3.95. The number of hydrogen-bond acceptors (Lipinski definition) is 7. The van der Waals surface area contributed by atoms with Gasteiger partial charge in [-0.2, -0.15) is 0 Å². The Kier molecular flexibility index (Phi) is 6.22. The van der Waals surface area contributed by atoms with Crippen LogP contribution in [0, 0.1) is 0 Å². The first kappa shape index (κ1) is 21.5. The zero-order valence-corrected chi connectivity index (χ0v) is 18.2. The van der Waals surface area contributed by atoms with Crippen molar-refractivity contribution in [3.8, 4) is 0 Å². The second-order valence-corrected chi connectivity index (χ2v) is 10.1. The molecule has 0 amide bonds. The van der Waals surface area contributed by atoms with E-state index in [0.29, 0.717) is 11.4 Å². The summed E-state index contributed by atoms with van der Waals surface area (Å²) in [5, 5.41) is 40.9. The third-order valence-electron chi connectivity index (χ3n) is 5.59. The first-order valence-electron chi connectivity index (χ1n) is 9.31. The molecule has 2 heterocycles. The summed E-state index contributed by atoms with van der Waals surface area (Å²) in [6.07, 6.45) is -1.34. The minimum Gasteiger partial charge on any atom is -0.395 e. The van der Waals surface area contributed by atoms with Crippen LogP contribution in [0.15, 0.2) is 41.3 Å². The molecule has 5 atom stereocenters. The van der Waals surface area contributed by atoms with E-state index in [1.165, 1.54) is 4.90 Å². The molecule has 2 aromatic carbocycles. The molecule has 0 unspecified atom stereocenters. The van der Waals surface area contributed by atoms with Crippen LogP contribution in [-0.2, 0) is 22.7 Å². The van der Waals surface area contributed by atoms with Gasteiger partial charge < -0.3 is 25.2 Å². The molecule has 1 saturated heterocycles. The van der Waals surface area contributed by atoms with Crippen LogP contribution in [0.5, 0.6) is 0 Å². The standard InChI is InChI=1S/C21H23ClO5S2/c1-28-14-4-2-11(3-5-14)6-12-7-15-13(8-16(12)22)10-27-21(15)20(26)19(25)18(24)17(9-23)29-21/h2-5,7-8,17-20,23-26H,6,9-10H2,1H3/t17-,18-,19+,20-,21+/m1/s1. The van der Waals surface area contributed by atoms with E-state index in [9.17, 15) is 20.4 Å². The summed E-state index contributed by atoms with van der Waals surface area (Å²) in [6, 6.07) is 12.0.